The predicted octanol–water partition coefficient (Wildman–Crippen LogP) is 1.83. The summed E-state index contributed by atoms with van der Waals surface area (Å²) in [6.45, 7) is 0. The summed E-state index contributed by atoms with van der Waals surface area (Å²) in [5, 5.41) is 0. The van der Waals surface area contributed by atoms with Gasteiger partial charge in [0.2, 0.25) is 0 Å². The van der Waals surface area contributed by atoms with E-state index in [9.17, 15) is 0 Å². The molecule has 2 aliphatic carbocycles. The molecule has 12 heavy (non-hydrogen) atoms. The monoisotopic (exact) mass is 169 g/mol. The molecule has 0 aromatic heterocycles. The number of hydrogen-bond acceptors (Lipinski definition) is 2. The van der Waals surface area contributed by atoms with E-state index in [2.05, 4.69) is 0 Å². The minimum Gasteiger partial charge on any atom is -0.375 e. The smallest absolute Gasteiger partial charge is 0.0594 e. The number of ether oxygens (including phenoxy) is 1. The van der Waals surface area contributed by atoms with E-state index in [4.69, 9.17) is 10.5 Å². The van der Waals surface area contributed by atoms with Crippen molar-refractivity contribution < 1.29 is 4.74 Å². The van der Waals surface area contributed by atoms with E-state index in [1.165, 1.54) is 32.1 Å². The molecular weight excluding hydrogens is 150 g/mol. The second kappa shape index (κ2) is 3.75. The van der Waals surface area contributed by atoms with Crippen molar-refractivity contribution in [3.8, 4) is 0 Å². The summed E-state index contributed by atoms with van der Waals surface area (Å²) in [4.78, 5) is 0. The van der Waals surface area contributed by atoms with Crippen LogP contribution in [0.1, 0.15) is 44.9 Å². The zero-order valence-corrected chi connectivity index (χ0v) is 7.67. The van der Waals surface area contributed by atoms with Gasteiger partial charge < -0.3 is 10.5 Å². The fraction of sp³-hybridized carbons (Fsp3) is 1.00. The van der Waals surface area contributed by atoms with Gasteiger partial charge in [0.25, 0.3) is 0 Å². The Balaban J connectivity index is 1.72. The first-order valence-corrected chi connectivity index (χ1v) is 5.25. The van der Waals surface area contributed by atoms with Crippen molar-refractivity contribution in [1.82, 2.24) is 0 Å². The Hall–Kier alpha value is -0.0800. The molecule has 2 heteroatoms. The summed E-state index contributed by atoms with van der Waals surface area (Å²) in [5.74, 6) is 0. The number of rotatable bonds is 2. The first-order valence-electron chi connectivity index (χ1n) is 5.25. The van der Waals surface area contributed by atoms with Crippen LogP contribution in [-0.4, -0.2) is 18.2 Å². The van der Waals surface area contributed by atoms with Crippen molar-refractivity contribution in [3.05, 3.63) is 0 Å². The highest BCUT2D eigenvalue weighted by atomic mass is 16.5. The molecule has 2 rings (SSSR count). The van der Waals surface area contributed by atoms with E-state index < -0.39 is 0 Å². The topological polar surface area (TPSA) is 35.2 Å². The molecule has 0 aromatic carbocycles. The molecule has 0 saturated heterocycles. The standard InChI is InChI=1S/C10H19NO/c11-8-5-6-10(7-8)12-9-3-1-2-4-9/h8-10H,1-7,11H2. The summed E-state index contributed by atoms with van der Waals surface area (Å²) in [6.07, 6.45) is 9.80. The predicted molar refractivity (Wildman–Crippen MR) is 49.0 cm³/mol. The first-order chi connectivity index (χ1) is 5.84. The van der Waals surface area contributed by atoms with Gasteiger partial charge in [-0.2, -0.15) is 0 Å². The Morgan fingerprint density at radius 1 is 0.917 bits per heavy atom. The lowest BCUT2D eigenvalue weighted by Crippen LogP contribution is -2.20. The highest BCUT2D eigenvalue weighted by Crippen LogP contribution is 2.27. The van der Waals surface area contributed by atoms with Gasteiger partial charge in [-0.25, -0.2) is 0 Å². The van der Waals surface area contributed by atoms with Crippen molar-refractivity contribution in [3.63, 3.8) is 0 Å². The van der Waals surface area contributed by atoms with Crippen molar-refractivity contribution in [2.24, 2.45) is 5.73 Å². The second-order valence-corrected chi connectivity index (χ2v) is 4.24. The van der Waals surface area contributed by atoms with Gasteiger partial charge in [-0.3, -0.25) is 0 Å². The molecule has 0 amide bonds. The van der Waals surface area contributed by atoms with Gasteiger partial charge in [-0.15, -0.1) is 0 Å². The Morgan fingerprint density at radius 3 is 2.25 bits per heavy atom. The third kappa shape index (κ3) is 1.99. The molecule has 2 aliphatic rings. The van der Waals surface area contributed by atoms with Crippen LogP contribution in [0, 0.1) is 0 Å². The number of nitrogens with two attached hydrogens (primary N) is 1. The van der Waals surface area contributed by atoms with Crippen molar-refractivity contribution in [2.75, 3.05) is 0 Å². The van der Waals surface area contributed by atoms with Gasteiger partial charge in [-0.05, 0) is 32.1 Å². The maximum absolute atomic E-state index is 5.96. The van der Waals surface area contributed by atoms with Crippen molar-refractivity contribution in [1.29, 1.82) is 0 Å². The normalized spacial score (nSPS) is 37.8. The van der Waals surface area contributed by atoms with Crippen LogP contribution in [0.4, 0.5) is 0 Å². The molecule has 2 nitrogen and oxygen atoms in total. The molecule has 70 valence electrons. The molecule has 2 atom stereocenters. The third-order valence-corrected chi connectivity index (χ3v) is 3.11. The van der Waals surface area contributed by atoms with Crippen LogP contribution in [-0.2, 0) is 4.74 Å². The van der Waals surface area contributed by atoms with Crippen LogP contribution >= 0.6 is 0 Å². The Kier molecular flexibility index (Phi) is 2.66. The lowest BCUT2D eigenvalue weighted by atomic mass is 10.2. The molecule has 0 bridgehead atoms. The molecule has 0 heterocycles. The maximum atomic E-state index is 5.96. The van der Waals surface area contributed by atoms with Crippen LogP contribution in [0.15, 0.2) is 0 Å². The van der Waals surface area contributed by atoms with E-state index in [0.29, 0.717) is 18.2 Å². The summed E-state index contributed by atoms with van der Waals surface area (Å²) in [5.41, 5.74) is 5.82. The second-order valence-electron chi connectivity index (χ2n) is 4.24. The minimum atomic E-state index is 0.413. The van der Waals surface area contributed by atoms with Crippen LogP contribution in [0.2, 0.25) is 0 Å². The summed E-state index contributed by atoms with van der Waals surface area (Å²) >= 11 is 0. The molecule has 0 radical (unpaired) electrons. The van der Waals surface area contributed by atoms with E-state index in [-0.39, 0.29) is 0 Å². The molecule has 2 saturated carbocycles. The van der Waals surface area contributed by atoms with Crippen LogP contribution in [0.5, 0.6) is 0 Å². The van der Waals surface area contributed by atoms with Gasteiger partial charge >= 0.3 is 0 Å². The molecular formula is C10H19NO. The van der Waals surface area contributed by atoms with Crippen molar-refractivity contribution in [2.45, 2.75) is 63.2 Å². The summed E-state index contributed by atoms with van der Waals surface area (Å²) in [7, 11) is 0. The quantitative estimate of drug-likeness (QED) is 0.684. The van der Waals surface area contributed by atoms with E-state index >= 15 is 0 Å². The van der Waals surface area contributed by atoms with Crippen LogP contribution < -0.4 is 5.73 Å². The summed E-state index contributed by atoms with van der Waals surface area (Å²) in [6, 6.07) is 0.413. The Morgan fingerprint density at radius 2 is 1.67 bits per heavy atom. The van der Waals surface area contributed by atoms with Crippen LogP contribution in [0.25, 0.3) is 0 Å². The van der Waals surface area contributed by atoms with Gasteiger partial charge in [0.15, 0.2) is 0 Å². The van der Waals surface area contributed by atoms with Gasteiger partial charge in [-0.1, -0.05) is 12.8 Å². The molecule has 2 fully saturated rings. The van der Waals surface area contributed by atoms with Crippen LogP contribution in [0.3, 0.4) is 0 Å². The summed E-state index contributed by atoms with van der Waals surface area (Å²) < 4.78 is 5.96. The molecule has 2 unspecified atom stereocenters. The average Bonchev–Trinajstić information content (AvgIpc) is 2.63. The Bertz CT molecular complexity index is 143. The van der Waals surface area contributed by atoms with Crippen molar-refractivity contribution >= 4 is 0 Å². The minimum absolute atomic E-state index is 0.413. The zero-order valence-electron chi connectivity index (χ0n) is 7.67. The SMILES string of the molecule is NC1CCC(OC2CCCC2)C1. The fourth-order valence-electron chi connectivity index (χ4n) is 2.39. The Labute approximate surface area is 74.5 Å². The van der Waals surface area contributed by atoms with Gasteiger partial charge in [0.05, 0.1) is 12.2 Å². The lowest BCUT2D eigenvalue weighted by molar-refractivity contribution is -0.00415. The zero-order chi connectivity index (χ0) is 8.39. The first kappa shape index (κ1) is 8.52. The molecule has 0 aliphatic heterocycles. The third-order valence-electron chi connectivity index (χ3n) is 3.11. The van der Waals surface area contributed by atoms with Gasteiger partial charge in [0, 0.05) is 6.04 Å². The van der Waals surface area contributed by atoms with E-state index in [1.54, 1.807) is 0 Å². The lowest BCUT2D eigenvalue weighted by Gasteiger charge is -2.17. The average molecular weight is 169 g/mol. The van der Waals surface area contributed by atoms with Gasteiger partial charge in [0.1, 0.15) is 0 Å². The highest BCUT2D eigenvalue weighted by molar-refractivity contribution is 4.80. The molecule has 2 N–H and O–H groups in total. The van der Waals surface area contributed by atoms with E-state index in [0.717, 1.165) is 12.8 Å². The largest absolute Gasteiger partial charge is 0.375 e. The molecule has 0 aromatic rings. The highest BCUT2D eigenvalue weighted by Gasteiger charge is 2.26. The fourth-order valence-corrected chi connectivity index (χ4v) is 2.39. The van der Waals surface area contributed by atoms with E-state index in [1.807, 2.05) is 0 Å². The maximum Gasteiger partial charge on any atom is 0.0594 e. The molecule has 0 spiro atoms. The number of hydrogen-bond donors (Lipinski definition) is 1.